The molecule has 118 valence electrons. The Balaban J connectivity index is 1.67. The Kier molecular flexibility index (Phi) is 4.83. The van der Waals surface area contributed by atoms with E-state index in [0.29, 0.717) is 12.1 Å². The molecule has 0 unspecified atom stereocenters. The first-order chi connectivity index (χ1) is 11.3. The highest BCUT2D eigenvalue weighted by molar-refractivity contribution is 6.15. The largest absolute Gasteiger partial charge is 0.352 e. The van der Waals surface area contributed by atoms with Crippen LogP contribution in [-0.2, 0) is 6.54 Å². The maximum atomic E-state index is 12.1. The summed E-state index contributed by atoms with van der Waals surface area (Å²) in [6.07, 6.45) is 0.925. The number of carbonyl (C=O) groups excluding carboxylic acids is 1. The quantitative estimate of drug-likeness (QED) is 0.805. The van der Waals surface area contributed by atoms with Crippen molar-refractivity contribution in [2.24, 2.45) is 4.99 Å². The Bertz CT molecular complexity index is 720. The summed E-state index contributed by atoms with van der Waals surface area (Å²) in [5.74, 6) is -0.0265. The number of nitrogens with zero attached hydrogens (tertiary/aromatic N) is 1. The van der Waals surface area contributed by atoms with Gasteiger partial charge in [0.15, 0.2) is 0 Å². The first kappa shape index (κ1) is 15.4. The van der Waals surface area contributed by atoms with Gasteiger partial charge in [-0.25, -0.2) is 0 Å². The van der Waals surface area contributed by atoms with Crippen LogP contribution >= 0.6 is 0 Å². The summed E-state index contributed by atoms with van der Waals surface area (Å²) in [5.41, 5.74) is 5.21. The lowest BCUT2D eigenvalue weighted by atomic mass is 9.99. The van der Waals surface area contributed by atoms with Crippen LogP contribution in [0.25, 0.3) is 0 Å². The summed E-state index contributed by atoms with van der Waals surface area (Å²) in [4.78, 5) is 16.7. The molecule has 0 saturated carbocycles. The van der Waals surface area contributed by atoms with Crippen molar-refractivity contribution in [3.8, 4) is 0 Å². The molecule has 0 aliphatic carbocycles. The summed E-state index contributed by atoms with van der Waals surface area (Å²) in [7, 11) is 1.91. The van der Waals surface area contributed by atoms with Crippen molar-refractivity contribution in [3.63, 3.8) is 0 Å². The van der Waals surface area contributed by atoms with Gasteiger partial charge in [-0.1, -0.05) is 36.4 Å². The summed E-state index contributed by atoms with van der Waals surface area (Å²) in [6, 6.07) is 16.0. The molecule has 0 saturated heterocycles. The monoisotopic (exact) mass is 307 g/mol. The van der Waals surface area contributed by atoms with Gasteiger partial charge in [0.05, 0.1) is 12.3 Å². The van der Waals surface area contributed by atoms with Crippen molar-refractivity contribution in [3.05, 3.63) is 70.8 Å². The molecule has 0 fully saturated rings. The number of hydrogen-bond donors (Lipinski definition) is 2. The minimum atomic E-state index is -0.0265. The minimum absolute atomic E-state index is 0.0265. The van der Waals surface area contributed by atoms with Crippen molar-refractivity contribution >= 4 is 11.6 Å². The maximum absolute atomic E-state index is 12.1. The third-order valence-electron chi connectivity index (χ3n) is 3.99. The van der Waals surface area contributed by atoms with Crippen LogP contribution in [0.15, 0.2) is 53.5 Å². The third kappa shape index (κ3) is 3.48. The van der Waals surface area contributed by atoms with E-state index in [9.17, 15) is 4.79 Å². The van der Waals surface area contributed by atoms with Crippen LogP contribution in [-0.4, -0.2) is 31.8 Å². The van der Waals surface area contributed by atoms with E-state index in [0.717, 1.165) is 30.8 Å². The molecule has 2 aromatic carbocycles. The first-order valence-corrected chi connectivity index (χ1v) is 7.95. The molecule has 4 nitrogen and oxygen atoms in total. The lowest BCUT2D eigenvalue weighted by Gasteiger charge is -2.07. The van der Waals surface area contributed by atoms with Gasteiger partial charge in [0.25, 0.3) is 5.91 Å². The van der Waals surface area contributed by atoms with Crippen molar-refractivity contribution in [1.82, 2.24) is 10.6 Å². The van der Waals surface area contributed by atoms with Gasteiger partial charge in [0, 0.05) is 23.2 Å². The highest BCUT2D eigenvalue weighted by Gasteiger charge is 2.16. The second kappa shape index (κ2) is 7.20. The Morgan fingerprint density at radius 3 is 2.65 bits per heavy atom. The second-order valence-electron chi connectivity index (χ2n) is 5.61. The van der Waals surface area contributed by atoms with Crippen LogP contribution in [0.2, 0.25) is 0 Å². The maximum Gasteiger partial charge on any atom is 0.251 e. The smallest absolute Gasteiger partial charge is 0.251 e. The lowest BCUT2D eigenvalue weighted by Crippen LogP contribution is -2.26. The number of nitrogens with one attached hydrogen (secondary N) is 2. The highest BCUT2D eigenvalue weighted by atomic mass is 16.1. The SMILES string of the molecule is CNCCCNC(=O)c1ccc(C2=NCc3ccccc32)cc1. The van der Waals surface area contributed by atoms with Crippen LogP contribution in [0.3, 0.4) is 0 Å². The summed E-state index contributed by atoms with van der Waals surface area (Å²) >= 11 is 0. The second-order valence-corrected chi connectivity index (χ2v) is 5.61. The van der Waals surface area contributed by atoms with Gasteiger partial charge in [-0.15, -0.1) is 0 Å². The van der Waals surface area contributed by atoms with Crippen molar-refractivity contribution < 1.29 is 4.79 Å². The first-order valence-electron chi connectivity index (χ1n) is 7.95. The predicted molar refractivity (Wildman–Crippen MR) is 93.1 cm³/mol. The number of rotatable bonds is 6. The van der Waals surface area contributed by atoms with Crippen molar-refractivity contribution in [2.75, 3.05) is 20.1 Å². The summed E-state index contributed by atoms with van der Waals surface area (Å²) in [5, 5.41) is 5.99. The molecule has 4 heteroatoms. The molecular formula is C19H21N3O. The van der Waals surface area contributed by atoms with Crippen LogP contribution in [0, 0.1) is 0 Å². The number of amides is 1. The fourth-order valence-corrected chi connectivity index (χ4v) is 2.73. The molecule has 1 aliphatic heterocycles. The fraction of sp³-hybridized carbons (Fsp3) is 0.263. The standard InChI is InChI=1S/C19H21N3O/c1-20-11-4-12-21-19(23)15-9-7-14(8-10-15)18-17-6-3-2-5-16(17)13-22-18/h2-3,5-10,20H,4,11-13H2,1H3,(H,21,23). The van der Waals surface area contributed by atoms with Gasteiger partial charge < -0.3 is 10.6 Å². The zero-order valence-electron chi connectivity index (χ0n) is 13.3. The average molecular weight is 307 g/mol. The number of hydrogen-bond acceptors (Lipinski definition) is 3. The lowest BCUT2D eigenvalue weighted by molar-refractivity contribution is 0.0953. The van der Waals surface area contributed by atoms with E-state index in [4.69, 9.17) is 0 Å². The van der Waals surface area contributed by atoms with E-state index >= 15 is 0 Å². The molecule has 0 atom stereocenters. The molecule has 1 amide bonds. The van der Waals surface area contributed by atoms with Gasteiger partial charge in [-0.3, -0.25) is 9.79 Å². The van der Waals surface area contributed by atoms with E-state index in [-0.39, 0.29) is 5.91 Å². The van der Waals surface area contributed by atoms with Gasteiger partial charge in [0.1, 0.15) is 0 Å². The molecule has 2 aromatic rings. The molecule has 0 aromatic heterocycles. The molecule has 2 N–H and O–H groups in total. The molecule has 0 radical (unpaired) electrons. The molecule has 1 aliphatic rings. The van der Waals surface area contributed by atoms with E-state index in [1.807, 2.05) is 43.4 Å². The van der Waals surface area contributed by atoms with Crippen LogP contribution in [0.4, 0.5) is 0 Å². The number of carbonyl (C=O) groups is 1. The van der Waals surface area contributed by atoms with Crippen molar-refractivity contribution in [1.29, 1.82) is 0 Å². The normalized spacial score (nSPS) is 12.7. The number of fused-ring (bicyclic) bond motifs is 1. The summed E-state index contributed by atoms with van der Waals surface area (Å²) in [6.45, 7) is 2.32. The van der Waals surface area contributed by atoms with E-state index in [2.05, 4.69) is 27.8 Å². The zero-order valence-corrected chi connectivity index (χ0v) is 13.3. The van der Waals surface area contributed by atoms with Crippen LogP contribution in [0.1, 0.15) is 33.5 Å². The fourth-order valence-electron chi connectivity index (χ4n) is 2.73. The van der Waals surface area contributed by atoms with Gasteiger partial charge >= 0.3 is 0 Å². The Hall–Kier alpha value is -2.46. The van der Waals surface area contributed by atoms with Gasteiger partial charge in [0.2, 0.25) is 0 Å². The van der Waals surface area contributed by atoms with Gasteiger partial charge in [-0.05, 0) is 37.7 Å². The van der Waals surface area contributed by atoms with Crippen molar-refractivity contribution in [2.45, 2.75) is 13.0 Å². The molecule has 0 bridgehead atoms. The number of aliphatic imine (C=N–C) groups is 1. The number of benzene rings is 2. The molecule has 3 rings (SSSR count). The molecular weight excluding hydrogens is 286 g/mol. The minimum Gasteiger partial charge on any atom is -0.352 e. The van der Waals surface area contributed by atoms with E-state index in [1.54, 1.807) is 0 Å². The third-order valence-corrected chi connectivity index (χ3v) is 3.99. The predicted octanol–water partition coefficient (Wildman–Crippen LogP) is 2.38. The highest BCUT2D eigenvalue weighted by Crippen LogP contribution is 2.22. The average Bonchev–Trinajstić information content (AvgIpc) is 3.03. The van der Waals surface area contributed by atoms with Crippen LogP contribution in [0.5, 0.6) is 0 Å². The molecule has 23 heavy (non-hydrogen) atoms. The Morgan fingerprint density at radius 1 is 1.09 bits per heavy atom. The van der Waals surface area contributed by atoms with E-state index < -0.39 is 0 Å². The van der Waals surface area contributed by atoms with Gasteiger partial charge in [-0.2, -0.15) is 0 Å². The van der Waals surface area contributed by atoms with E-state index in [1.165, 1.54) is 11.1 Å². The topological polar surface area (TPSA) is 53.5 Å². The zero-order chi connectivity index (χ0) is 16.1. The summed E-state index contributed by atoms with van der Waals surface area (Å²) < 4.78 is 0. The molecule has 0 spiro atoms. The molecule has 1 heterocycles. The Labute approximate surface area is 136 Å². The van der Waals surface area contributed by atoms with Crippen LogP contribution < -0.4 is 10.6 Å². The Morgan fingerprint density at radius 2 is 1.87 bits per heavy atom.